The number of hydrogen-bond donors (Lipinski definition) is 2. The Morgan fingerprint density at radius 3 is 2.66 bits per heavy atom. The maximum atomic E-state index is 11.0. The van der Waals surface area contributed by atoms with Crippen molar-refractivity contribution in [3.63, 3.8) is 0 Å². The van der Waals surface area contributed by atoms with Gasteiger partial charge in [0.1, 0.15) is 0 Å². The van der Waals surface area contributed by atoms with Crippen LogP contribution in [0.5, 0.6) is 0 Å². The molecule has 0 aliphatic heterocycles. The van der Waals surface area contributed by atoms with E-state index in [9.17, 15) is 10.1 Å². The molecule has 0 unspecified atom stereocenters. The van der Waals surface area contributed by atoms with Gasteiger partial charge in [0.05, 0.1) is 16.1 Å². The molecule has 0 spiro atoms. The van der Waals surface area contributed by atoms with E-state index in [0.717, 1.165) is 39.3 Å². The third-order valence-electron chi connectivity index (χ3n) is 5.03. The van der Waals surface area contributed by atoms with Gasteiger partial charge in [-0.25, -0.2) is 10.4 Å². The van der Waals surface area contributed by atoms with Gasteiger partial charge < -0.3 is 0 Å². The second kappa shape index (κ2) is 9.02. The molecule has 0 bridgehead atoms. The Morgan fingerprint density at radius 1 is 1.06 bits per heavy atom. The van der Waals surface area contributed by atoms with E-state index < -0.39 is 0 Å². The number of nitrogens with one attached hydrogen (secondary N) is 2. The zero-order valence-electron chi connectivity index (χ0n) is 18.3. The third-order valence-corrected chi connectivity index (χ3v) is 6.00. The van der Waals surface area contributed by atoms with Gasteiger partial charge in [0.15, 0.2) is 5.13 Å². The van der Waals surface area contributed by atoms with Crippen LogP contribution in [0, 0.1) is 10.1 Å². The number of pyridine rings is 1. The van der Waals surface area contributed by atoms with Crippen molar-refractivity contribution >= 4 is 33.1 Å². The van der Waals surface area contributed by atoms with E-state index in [4.69, 9.17) is 4.98 Å². The summed E-state index contributed by atoms with van der Waals surface area (Å²) in [4.78, 5) is 21.2. The first-order valence-electron chi connectivity index (χ1n) is 10.4. The summed E-state index contributed by atoms with van der Waals surface area (Å²) in [5.74, 6) is 0. The summed E-state index contributed by atoms with van der Waals surface area (Å²) in [6.07, 6.45) is 2.69. The first-order valence-corrected chi connectivity index (χ1v) is 11.2. The molecule has 0 radical (unpaired) electrons. The molecule has 0 aliphatic carbocycles. The van der Waals surface area contributed by atoms with Gasteiger partial charge in [-0.05, 0) is 23.3 Å². The summed E-state index contributed by atoms with van der Waals surface area (Å²) in [6.45, 7) is 6.91. The maximum absolute atomic E-state index is 11.0. The zero-order valence-corrected chi connectivity index (χ0v) is 19.1. The van der Waals surface area contributed by atoms with Crippen molar-refractivity contribution in [1.82, 2.24) is 15.4 Å². The van der Waals surface area contributed by atoms with Crippen LogP contribution in [0.3, 0.4) is 0 Å². The van der Waals surface area contributed by atoms with Crippen molar-refractivity contribution in [2.24, 2.45) is 0 Å². The molecular weight excluding hydrogens is 422 g/mol. The molecule has 4 rings (SSSR count). The van der Waals surface area contributed by atoms with Gasteiger partial charge in [0, 0.05) is 47.0 Å². The van der Waals surface area contributed by atoms with Crippen molar-refractivity contribution in [3.05, 3.63) is 92.6 Å². The van der Waals surface area contributed by atoms with E-state index in [1.54, 1.807) is 23.5 Å². The summed E-state index contributed by atoms with van der Waals surface area (Å²) in [5.41, 5.74) is 10.3. The smallest absolute Gasteiger partial charge is 0.269 e. The van der Waals surface area contributed by atoms with Crippen LogP contribution >= 0.6 is 11.3 Å². The molecule has 0 saturated heterocycles. The highest BCUT2D eigenvalue weighted by molar-refractivity contribution is 7.15. The molecule has 0 aliphatic rings. The normalized spacial score (nSPS) is 11.6. The monoisotopic (exact) mass is 447 g/mol. The molecule has 2 aromatic heterocycles. The number of anilines is 1. The first-order chi connectivity index (χ1) is 15.3. The maximum Gasteiger partial charge on any atom is 0.269 e. The molecule has 0 atom stereocenters. The Balaban J connectivity index is 1.50. The number of fused-ring (bicyclic) bond motifs is 1. The van der Waals surface area contributed by atoms with Gasteiger partial charge in [-0.2, -0.15) is 0 Å². The standard InChI is InChI=1S/C24H25N5O2S/c1-24(2,3)22-21(13-17-11-18-8-4-5-10-20(18)25-14-17)32-23(27-22)28-26-15-16-7-6-9-19(12-16)29(30)31/h4-12,14,26H,13,15H2,1-3H3,(H,27,28). The predicted octanol–water partition coefficient (Wildman–Crippen LogP) is 5.60. The van der Waals surface area contributed by atoms with Crippen LogP contribution in [-0.4, -0.2) is 14.9 Å². The summed E-state index contributed by atoms with van der Waals surface area (Å²) < 4.78 is 0. The molecule has 2 aromatic carbocycles. The summed E-state index contributed by atoms with van der Waals surface area (Å²) in [7, 11) is 0. The summed E-state index contributed by atoms with van der Waals surface area (Å²) >= 11 is 1.61. The van der Waals surface area contributed by atoms with Gasteiger partial charge in [-0.3, -0.25) is 20.5 Å². The van der Waals surface area contributed by atoms with Crippen molar-refractivity contribution < 1.29 is 4.92 Å². The van der Waals surface area contributed by atoms with Crippen molar-refractivity contribution in [2.45, 2.75) is 39.2 Å². The largest absolute Gasteiger partial charge is 0.297 e. The van der Waals surface area contributed by atoms with Crippen molar-refractivity contribution in [3.8, 4) is 0 Å². The number of para-hydroxylation sites is 1. The Kier molecular flexibility index (Phi) is 6.16. The zero-order chi connectivity index (χ0) is 22.7. The second-order valence-corrected chi connectivity index (χ2v) is 9.74. The third kappa shape index (κ3) is 5.09. The van der Waals surface area contributed by atoms with Gasteiger partial charge in [-0.15, -0.1) is 11.3 Å². The van der Waals surface area contributed by atoms with Crippen LogP contribution in [0.15, 0.2) is 60.8 Å². The quantitative estimate of drug-likeness (QED) is 0.283. The highest BCUT2D eigenvalue weighted by Crippen LogP contribution is 2.33. The number of nitrogens with zero attached hydrogens (tertiary/aromatic N) is 3. The summed E-state index contributed by atoms with van der Waals surface area (Å²) in [6, 6.07) is 16.9. The van der Waals surface area contributed by atoms with Crippen LogP contribution in [0.4, 0.5) is 10.8 Å². The van der Waals surface area contributed by atoms with Gasteiger partial charge in [0.2, 0.25) is 0 Å². The molecule has 0 fully saturated rings. The lowest BCUT2D eigenvalue weighted by Crippen LogP contribution is -2.21. The van der Waals surface area contributed by atoms with E-state index in [0.29, 0.717) is 6.54 Å². The Bertz CT molecular complexity index is 1260. The van der Waals surface area contributed by atoms with E-state index >= 15 is 0 Å². The number of thiazole rings is 1. The van der Waals surface area contributed by atoms with E-state index in [2.05, 4.69) is 48.7 Å². The van der Waals surface area contributed by atoms with Gasteiger partial charge >= 0.3 is 0 Å². The average molecular weight is 448 g/mol. The minimum atomic E-state index is -0.388. The molecule has 7 nitrogen and oxygen atoms in total. The fourth-order valence-corrected chi connectivity index (χ4v) is 4.69. The highest BCUT2D eigenvalue weighted by Gasteiger charge is 2.23. The number of nitro groups is 1. The average Bonchev–Trinajstić information content (AvgIpc) is 3.17. The number of hydrazine groups is 1. The molecule has 0 amide bonds. The molecule has 2 N–H and O–H groups in total. The van der Waals surface area contributed by atoms with E-state index in [1.165, 1.54) is 10.9 Å². The molecule has 2 heterocycles. The molecule has 164 valence electrons. The summed E-state index contributed by atoms with van der Waals surface area (Å²) in [5, 5.41) is 12.9. The second-order valence-electron chi connectivity index (χ2n) is 8.66. The topological polar surface area (TPSA) is 93.0 Å². The number of rotatable bonds is 7. The SMILES string of the molecule is CC(C)(C)c1nc(NNCc2cccc([N+](=O)[O-])c2)sc1Cc1cnc2ccccc2c1. The fourth-order valence-electron chi connectivity index (χ4n) is 3.51. The number of nitro benzene ring substituents is 1. The number of non-ortho nitro benzene ring substituents is 1. The number of hydrogen-bond acceptors (Lipinski definition) is 7. The Labute approximate surface area is 190 Å². The van der Waals surface area contributed by atoms with Crippen molar-refractivity contribution in [1.29, 1.82) is 0 Å². The van der Waals surface area contributed by atoms with Crippen LogP contribution < -0.4 is 10.9 Å². The first kappa shape index (κ1) is 21.9. The Hall–Kier alpha value is -3.36. The molecule has 32 heavy (non-hydrogen) atoms. The number of benzene rings is 2. The Morgan fingerprint density at radius 2 is 1.88 bits per heavy atom. The molecule has 8 heteroatoms. The lowest BCUT2D eigenvalue weighted by Gasteiger charge is -2.17. The predicted molar refractivity (Wildman–Crippen MR) is 129 cm³/mol. The van der Waals surface area contributed by atoms with Crippen molar-refractivity contribution in [2.75, 3.05) is 5.43 Å². The molecule has 4 aromatic rings. The molecule has 0 saturated carbocycles. The van der Waals surface area contributed by atoms with Gasteiger partial charge in [-0.1, -0.05) is 51.1 Å². The van der Waals surface area contributed by atoms with E-state index in [1.807, 2.05) is 30.5 Å². The van der Waals surface area contributed by atoms with Gasteiger partial charge in [0.25, 0.3) is 5.69 Å². The van der Waals surface area contributed by atoms with Crippen LogP contribution in [0.25, 0.3) is 10.9 Å². The molecular formula is C24H25N5O2S. The van der Waals surface area contributed by atoms with E-state index in [-0.39, 0.29) is 16.0 Å². The minimum absolute atomic E-state index is 0.0832. The lowest BCUT2D eigenvalue weighted by molar-refractivity contribution is -0.384. The van der Waals surface area contributed by atoms with Crippen LogP contribution in [-0.2, 0) is 18.4 Å². The van der Waals surface area contributed by atoms with Crippen LogP contribution in [0.2, 0.25) is 0 Å². The van der Waals surface area contributed by atoms with Crippen LogP contribution in [0.1, 0.15) is 42.5 Å². The minimum Gasteiger partial charge on any atom is -0.297 e. The highest BCUT2D eigenvalue weighted by atomic mass is 32.1. The lowest BCUT2D eigenvalue weighted by atomic mass is 9.90. The fraction of sp³-hybridized carbons (Fsp3) is 0.250. The number of aromatic nitrogens is 2.